The summed E-state index contributed by atoms with van der Waals surface area (Å²) in [6.07, 6.45) is 8.66. The predicted octanol–water partition coefficient (Wildman–Crippen LogP) is 1.68. The minimum atomic E-state index is 0.236. The van der Waals surface area contributed by atoms with E-state index in [1.165, 1.54) is 25.0 Å². The molecule has 2 atom stereocenters. The molecule has 4 nitrogen and oxygen atoms in total. The number of rotatable bonds is 3. The first kappa shape index (κ1) is 12.6. The Morgan fingerprint density at radius 3 is 2.94 bits per heavy atom. The zero-order valence-corrected chi connectivity index (χ0v) is 11.0. The van der Waals surface area contributed by atoms with E-state index in [9.17, 15) is 0 Å². The van der Waals surface area contributed by atoms with E-state index in [1.54, 1.807) is 0 Å². The third-order valence-corrected chi connectivity index (χ3v) is 3.70. The Hall–Kier alpha value is -0.870. The lowest BCUT2D eigenvalue weighted by atomic mass is 10.0. The van der Waals surface area contributed by atoms with Crippen LogP contribution in [0, 0.1) is 0 Å². The SMILES string of the molecule is CCCN1CCCCC(N)C1c1cncn1C. The first-order valence-electron chi connectivity index (χ1n) is 6.70. The average molecular weight is 236 g/mol. The van der Waals surface area contributed by atoms with Crippen molar-refractivity contribution in [2.75, 3.05) is 13.1 Å². The quantitative estimate of drug-likeness (QED) is 0.868. The molecule has 1 aromatic heterocycles. The van der Waals surface area contributed by atoms with Gasteiger partial charge in [-0.15, -0.1) is 0 Å². The van der Waals surface area contributed by atoms with Crippen molar-refractivity contribution in [3.05, 3.63) is 18.2 Å². The number of nitrogens with zero attached hydrogens (tertiary/aromatic N) is 3. The Morgan fingerprint density at radius 1 is 1.47 bits per heavy atom. The third kappa shape index (κ3) is 2.69. The van der Waals surface area contributed by atoms with E-state index in [-0.39, 0.29) is 6.04 Å². The van der Waals surface area contributed by atoms with Crippen molar-refractivity contribution in [1.82, 2.24) is 14.5 Å². The standard InChI is InChI=1S/C13H24N4/c1-3-7-17-8-5-4-6-11(14)13(17)12-9-15-10-16(12)2/h9-11,13H,3-8,14H2,1-2H3. The van der Waals surface area contributed by atoms with Crippen LogP contribution in [0.3, 0.4) is 0 Å². The average Bonchev–Trinajstić information content (AvgIpc) is 2.63. The maximum atomic E-state index is 6.38. The van der Waals surface area contributed by atoms with E-state index in [1.807, 2.05) is 12.5 Å². The van der Waals surface area contributed by atoms with Gasteiger partial charge in [0.15, 0.2) is 0 Å². The molecule has 1 aliphatic heterocycles. The Labute approximate surface area is 104 Å². The molecule has 1 fully saturated rings. The van der Waals surface area contributed by atoms with E-state index in [0.29, 0.717) is 6.04 Å². The van der Waals surface area contributed by atoms with Crippen LogP contribution in [0.4, 0.5) is 0 Å². The fourth-order valence-electron chi connectivity index (χ4n) is 2.86. The van der Waals surface area contributed by atoms with E-state index in [0.717, 1.165) is 19.5 Å². The topological polar surface area (TPSA) is 47.1 Å². The molecule has 2 N–H and O–H groups in total. The van der Waals surface area contributed by atoms with Gasteiger partial charge < -0.3 is 10.3 Å². The molecule has 0 spiro atoms. The van der Waals surface area contributed by atoms with Gasteiger partial charge in [0.1, 0.15) is 0 Å². The smallest absolute Gasteiger partial charge is 0.0946 e. The normalized spacial score (nSPS) is 27.0. The highest BCUT2D eigenvalue weighted by molar-refractivity contribution is 5.09. The van der Waals surface area contributed by atoms with Crippen molar-refractivity contribution in [3.63, 3.8) is 0 Å². The lowest BCUT2D eigenvalue weighted by Gasteiger charge is -2.33. The number of hydrogen-bond donors (Lipinski definition) is 1. The Kier molecular flexibility index (Phi) is 4.18. The molecule has 0 aliphatic carbocycles. The number of nitrogens with two attached hydrogens (primary N) is 1. The summed E-state index contributed by atoms with van der Waals surface area (Å²) in [5, 5.41) is 0. The number of likely N-dealkylation sites (tertiary alicyclic amines) is 1. The Morgan fingerprint density at radius 2 is 2.29 bits per heavy atom. The monoisotopic (exact) mass is 236 g/mol. The molecule has 0 amide bonds. The molecule has 17 heavy (non-hydrogen) atoms. The fraction of sp³-hybridized carbons (Fsp3) is 0.769. The largest absolute Gasteiger partial charge is 0.336 e. The highest BCUT2D eigenvalue weighted by Gasteiger charge is 2.29. The third-order valence-electron chi connectivity index (χ3n) is 3.70. The van der Waals surface area contributed by atoms with Gasteiger partial charge in [0, 0.05) is 19.3 Å². The zero-order chi connectivity index (χ0) is 12.3. The summed E-state index contributed by atoms with van der Waals surface area (Å²) in [5.41, 5.74) is 7.63. The fourth-order valence-corrected chi connectivity index (χ4v) is 2.86. The highest BCUT2D eigenvalue weighted by Crippen LogP contribution is 2.28. The van der Waals surface area contributed by atoms with Crippen molar-refractivity contribution in [3.8, 4) is 0 Å². The summed E-state index contributed by atoms with van der Waals surface area (Å²) in [6.45, 7) is 4.53. The molecular weight excluding hydrogens is 212 g/mol. The molecule has 4 heteroatoms. The van der Waals surface area contributed by atoms with E-state index in [4.69, 9.17) is 5.73 Å². The summed E-state index contributed by atoms with van der Waals surface area (Å²) in [5.74, 6) is 0. The van der Waals surface area contributed by atoms with E-state index in [2.05, 4.69) is 28.4 Å². The van der Waals surface area contributed by atoms with Gasteiger partial charge in [0.2, 0.25) is 0 Å². The maximum Gasteiger partial charge on any atom is 0.0946 e. The summed E-state index contributed by atoms with van der Waals surface area (Å²) in [7, 11) is 2.06. The van der Waals surface area contributed by atoms with Crippen LogP contribution >= 0.6 is 0 Å². The predicted molar refractivity (Wildman–Crippen MR) is 69.6 cm³/mol. The molecule has 0 radical (unpaired) electrons. The molecule has 2 heterocycles. The van der Waals surface area contributed by atoms with Gasteiger partial charge in [-0.2, -0.15) is 0 Å². The second kappa shape index (κ2) is 5.65. The van der Waals surface area contributed by atoms with Crippen LogP contribution < -0.4 is 5.73 Å². The maximum absolute atomic E-state index is 6.38. The van der Waals surface area contributed by atoms with Crippen molar-refractivity contribution in [2.24, 2.45) is 12.8 Å². The first-order valence-corrected chi connectivity index (χ1v) is 6.70. The van der Waals surface area contributed by atoms with Crippen molar-refractivity contribution >= 4 is 0 Å². The van der Waals surface area contributed by atoms with Crippen LogP contribution in [-0.4, -0.2) is 33.6 Å². The summed E-state index contributed by atoms with van der Waals surface area (Å²) < 4.78 is 2.11. The van der Waals surface area contributed by atoms with Gasteiger partial charge in [-0.1, -0.05) is 13.3 Å². The van der Waals surface area contributed by atoms with Gasteiger partial charge >= 0.3 is 0 Å². The lowest BCUT2D eigenvalue weighted by Crippen LogP contribution is -2.41. The molecule has 1 aromatic rings. The van der Waals surface area contributed by atoms with Gasteiger partial charge in [-0.3, -0.25) is 4.90 Å². The molecule has 0 bridgehead atoms. The highest BCUT2D eigenvalue weighted by atomic mass is 15.2. The number of imidazole rings is 1. The molecule has 0 aromatic carbocycles. The summed E-state index contributed by atoms with van der Waals surface area (Å²) in [4.78, 5) is 6.77. The van der Waals surface area contributed by atoms with Crippen LogP contribution in [0.1, 0.15) is 44.3 Å². The first-order chi connectivity index (χ1) is 8.24. The van der Waals surface area contributed by atoms with Crippen LogP contribution in [0.2, 0.25) is 0 Å². The zero-order valence-electron chi connectivity index (χ0n) is 11.0. The molecule has 2 unspecified atom stereocenters. The van der Waals surface area contributed by atoms with Crippen LogP contribution in [0.5, 0.6) is 0 Å². The second-order valence-electron chi connectivity index (χ2n) is 5.07. The molecule has 2 rings (SSSR count). The molecule has 1 saturated heterocycles. The van der Waals surface area contributed by atoms with Crippen LogP contribution in [0.25, 0.3) is 0 Å². The second-order valence-corrected chi connectivity index (χ2v) is 5.07. The lowest BCUT2D eigenvalue weighted by molar-refractivity contribution is 0.179. The van der Waals surface area contributed by atoms with Crippen LogP contribution in [0.15, 0.2) is 12.5 Å². The molecular formula is C13H24N4. The van der Waals surface area contributed by atoms with Gasteiger partial charge in [-0.05, 0) is 32.4 Å². The Bertz CT molecular complexity index is 347. The van der Waals surface area contributed by atoms with Gasteiger partial charge in [-0.25, -0.2) is 4.98 Å². The Balaban J connectivity index is 2.26. The van der Waals surface area contributed by atoms with E-state index < -0.39 is 0 Å². The number of hydrogen-bond acceptors (Lipinski definition) is 3. The molecule has 0 saturated carbocycles. The number of aryl methyl sites for hydroxylation is 1. The summed E-state index contributed by atoms with van der Waals surface area (Å²) >= 11 is 0. The minimum Gasteiger partial charge on any atom is -0.336 e. The van der Waals surface area contributed by atoms with Crippen molar-refractivity contribution in [1.29, 1.82) is 0 Å². The molecule has 1 aliphatic rings. The summed E-state index contributed by atoms with van der Waals surface area (Å²) in [6, 6.07) is 0.574. The van der Waals surface area contributed by atoms with Crippen molar-refractivity contribution < 1.29 is 0 Å². The van der Waals surface area contributed by atoms with Crippen LogP contribution in [-0.2, 0) is 7.05 Å². The minimum absolute atomic E-state index is 0.236. The van der Waals surface area contributed by atoms with E-state index >= 15 is 0 Å². The van der Waals surface area contributed by atoms with Gasteiger partial charge in [0.05, 0.1) is 18.1 Å². The molecule has 96 valence electrons. The van der Waals surface area contributed by atoms with Crippen molar-refractivity contribution in [2.45, 2.75) is 44.7 Å². The number of aromatic nitrogens is 2. The van der Waals surface area contributed by atoms with Gasteiger partial charge in [0.25, 0.3) is 0 Å².